The molecule has 0 spiro atoms. The maximum Gasteiger partial charge on any atom is 0.309 e. The number of carboxylic acids is 1. The van der Waals surface area contributed by atoms with E-state index in [1.165, 1.54) is 22.3 Å². The van der Waals surface area contributed by atoms with Crippen LogP contribution in [-0.2, 0) is 14.3 Å². The number of carbonyl (C=O) groups is 1. The molecular weight excluding hydrogens is 498 g/mol. The lowest BCUT2D eigenvalue weighted by atomic mass is 9.82. The first-order chi connectivity index (χ1) is 19.6. The van der Waals surface area contributed by atoms with Gasteiger partial charge in [0.25, 0.3) is 0 Å². The van der Waals surface area contributed by atoms with Crippen LogP contribution >= 0.6 is 0 Å². The van der Waals surface area contributed by atoms with Gasteiger partial charge in [0, 0.05) is 31.1 Å². The van der Waals surface area contributed by atoms with E-state index in [1.807, 2.05) is 36.4 Å². The summed E-state index contributed by atoms with van der Waals surface area (Å²) in [5.41, 5.74) is 13.4. The second-order valence-corrected chi connectivity index (χ2v) is 10.5. The fourth-order valence-corrected chi connectivity index (χ4v) is 5.66. The van der Waals surface area contributed by atoms with Gasteiger partial charge in [0.05, 0.1) is 19.1 Å². The normalized spacial score (nSPS) is 22.5. The Hall–Kier alpha value is -3.77. The van der Waals surface area contributed by atoms with Gasteiger partial charge >= 0.3 is 5.97 Å². The Labute approximate surface area is 236 Å². The summed E-state index contributed by atoms with van der Waals surface area (Å²) in [4.78, 5) is 11.3. The molecule has 0 aliphatic carbocycles. The van der Waals surface area contributed by atoms with Gasteiger partial charge in [0.1, 0.15) is 0 Å². The Balaban J connectivity index is 0.000000162. The van der Waals surface area contributed by atoms with Crippen molar-refractivity contribution < 1.29 is 19.4 Å². The molecule has 4 atom stereocenters. The van der Waals surface area contributed by atoms with Gasteiger partial charge in [0.2, 0.25) is 0 Å². The van der Waals surface area contributed by atoms with Gasteiger partial charge in [-0.15, -0.1) is 0 Å². The highest BCUT2D eigenvalue weighted by Gasteiger charge is 2.32. The molecule has 2 aliphatic rings. The van der Waals surface area contributed by atoms with Crippen molar-refractivity contribution in [1.82, 2.24) is 0 Å². The summed E-state index contributed by atoms with van der Waals surface area (Å²) in [7, 11) is 0. The van der Waals surface area contributed by atoms with Crippen LogP contribution in [0.4, 0.5) is 0 Å². The fraction of sp³-hybridized carbons (Fsp3) is 0.286. The molecule has 40 heavy (non-hydrogen) atoms. The lowest BCUT2D eigenvalue weighted by molar-refractivity contribution is -0.147. The minimum absolute atomic E-state index is 0.0427. The summed E-state index contributed by atoms with van der Waals surface area (Å²) in [6.07, 6.45) is 1.79. The highest BCUT2D eigenvalue weighted by atomic mass is 16.5. The van der Waals surface area contributed by atoms with Crippen molar-refractivity contribution in [3.05, 3.63) is 120 Å². The van der Waals surface area contributed by atoms with Gasteiger partial charge in [-0.1, -0.05) is 109 Å². The van der Waals surface area contributed by atoms with Crippen LogP contribution in [0.3, 0.4) is 0 Å². The van der Waals surface area contributed by atoms with E-state index in [4.69, 9.17) is 15.2 Å². The van der Waals surface area contributed by atoms with Crippen molar-refractivity contribution in [3.63, 3.8) is 0 Å². The lowest BCUT2D eigenvalue weighted by Gasteiger charge is -2.29. The Morgan fingerprint density at radius 1 is 0.600 bits per heavy atom. The summed E-state index contributed by atoms with van der Waals surface area (Å²) in [5, 5.41) is 9.32. The van der Waals surface area contributed by atoms with Crippen LogP contribution < -0.4 is 5.73 Å². The molecule has 5 heteroatoms. The standard InChI is InChI=1S/C18H18O3.C17H19NO/c19-18(20)17-12-21-11-10-16(17)15-8-6-14(7-9-15)13-4-2-1-3-5-13;18-17-12-19-11-10-16(17)15-8-6-14(7-9-15)13-4-2-1-3-5-13/h1-9,16-17H,10-12H2,(H,19,20);1-9,16-17H,10-12,18H2/t2*16-,17-/m00/s1. The molecule has 0 radical (unpaired) electrons. The molecule has 2 heterocycles. The number of aliphatic carboxylic acids is 1. The zero-order chi connectivity index (χ0) is 27.7. The number of ether oxygens (including phenoxy) is 2. The maximum absolute atomic E-state index is 11.3. The Kier molecular flexibility index (Phi) is 9.40. The number of nitrogens with two attached hydrogens (primary N) is 1. The minimum Gasteiger partial charge on any atom is -0.481 e. The van der Waals surface area contributed by atoms with Crippen molar-refractivity contribution in [2.75, 3.05) is 26.4 Å². The smallest absolute Gasteiger partial charge is 0.309 e. The van der Waals surface area contributed by atoms with E-state index in [1.54, 1.807) is 0 Å². The van der Waals surface area contributed by atoms with E-state index in [2.05, 4.69) is 72.8 Å². The molecule has 2 aliphatic heterocycles. The van der Waals surface area contributed by atoms with Gasteiger partial charge in [-0.25, -0.2) is 0 Å². The quantitative estimate of drug-likeness (QED) is 0.296. The number of carboxylic acid groups (broad SMARTS) is 1. The second-order valence-electron chi connectivity index (χ2n) is 10.5. The zero-order valence-electron chi connectivity index (χ0n) is 22.7. The van der Waals surface area contributed by atoms with Crippen LogP contribution in [0.2, 0.25) is 0 Å². The van der Waals surface area contributed by atoms with Gasteiger partial charge < -0.3 is 20.3 Å². The van der Waals surface area contributed by atoms with Crippen LogP contribution in [0, 0.1) is 5.92 Å². The molecule has 0 saturated carbocycles. The van der Waals surface area contributed by atoms with Gasteiger partial charge in [-0.2, -0.15) is 0 Å². The molecule has 6 rings (SSSR count). The number of benzene rings is 4. The van der Waals surface area contributed by atoms with Crippen molar-refractivity contribution in [1.29, 1.82) is 0 Å². The van der Waals surface area contributed by atoms with E-state index >= 15 is 0 Å². The number of hydrogen-bond acceptors (Lipinski definition) is 4. The lowest BCUT2D eigenvalue weighted by Crippen LogP contribution is -2.37. The molecule has 0 aromatic heterocycles. The van der Waals surface area contributed by atoms with Crippen molar-refractivity contribution in [2.45, 2.75) is 30.7 Å². The average molecular weight is 536 g/mol. The molecule has 4 aromatic rings. The second kappa shape index (κ2) is 13.5. The summed E-state index contributed by atoms with van der Waals surface area (Å²) >= 11 is 0. The van der Waals surface area contributed by atoms with E-state index in [9.17, 15) is 9.90 Å². The maximum atomic E-state index is 11.3. The molecule has 2 fully saturated rings. The monoisotopic (exact) mass is 535 g/mol. The molecule has 4 aromatic carbocycles. The molecule has 2 saturated heterocycles. The summed E-state index contributed by atoms with van der Waals surface area (Å²) in [6, 6.07) is 37.8. The van der Waals surface area contributed by atoms with Crippen LogP contribution in [0.5, 0.6) is 0 Å². The minimum atomic E-state index is -0.771. The van der Waals surface area contributed by atoms with E-state index in [0.717, 1.165) is 30.6 Å². The summed E-state index contributed by atoms with van der Waals surface area (Å²) < 4.78 is 10.7. The SMILES string of the molecule is N[C@H]1COCC[C@H]1c1ccc(-c2ccccc2)cc1.O=C(O)[C@H]1COCC[C@H]1c1ccc(-c2ccccc2)cc1. The first kappa shape index (κ1) is 27.8. The predicted molar refractivity (Wildman–Crippen MR) is 159 cm³/mol. The van der Waals surface area contributed by atoms with E-state index < -0.39 is 11.9 Å². The van der Waals surface area contributed by atoms with Crippen molar-refractivity contribution in [2.24, 2.45) is 11.7 Å². The fourth-order valence-electron chi connectivity index (χ4n) is 5.66. The van der Waals surface area contributed by atoms with Gasteiger partial charge in [-0.05, 0) is 46.2 Å². The topological polar surface area (TPSA) is 81.8 Å². The van der Waals surface area contributed by atoms with Gasteiger partial charge in [-0.3, -0.25) is 4.79 Å². The molecule has 206 valence electrons. The van der Waals surface area contributed by atoms with Crippen molar-refractivity contribution >= 4 is 5.97 Å². The molecule has 0 amide bonds. The van der Waals surface area contributed by atoms with E-state index in [-0.39, 0.29) is 12.0 Å². The number of rotatable bonds is 5. The largest absolute Gasteiger partial charge is 0.481 e. The first-order valence-electron chi connectivity index (χ1n) is 14.0. The van der Waals surface area contributed by atoms with Crippen LogP contribution in [0.25, 0.3) is 22.3 Å². The Morgan fingerprint density at radius 3 is 1.50 bits per heavy atom. The van der Waals surface area contributed by atoms with Crippen molar-refractivity contribution in [3.8, 4) is 22.3 Å². The van der Waals surface area contributed by atoms with Gasteiger partial charge in [0.15, 0.2) is 0 Å². The molecule has 0 bridgehead atoms. The average Bonchev–Trinajstić information content (AvgIpc) is 3.03. The first-order valence-corrected chi connectivity index (χ1v) is 14.0. The zero-order valence-corrected chi connectivity index (χ0v) is 22.7. The summed E-state index contributed by atoms with van der Waals surface area (Å²) in [5.74, 6) is -0.743. The van der Waals surface area contributed by atoms with Crippen LogP contribution in [-0.4, -0.2) is 43.5 Å². The highest BCUT2D eigenvalue weighted by molar-refractivity contribution is 5.72. The van der Waals surface area contributed by atoms with Crippen LogP contribution in [0.1, 0.15) is 35.8 Å². The number of hydrogen-bond donors (Lipinski definition) is 2. The third kappa shape index (κ3) is 6.86. The Morgan fingerprint density at radius 2 is 1.02 bits per heavy atom. The summed E-state index contributed by atoms with van der Waals surface area (Å²) in [6.45, 7) is 2.43. The third-order valence-electron chi connectivity index (χ3n) is 7.97. The van der Waals surface area contributed by atoms with E-state index in [0.29, 0.717) is 25.7 Å². The Bertz CT molecular complexity index is 1340. The third-order valence-corrected chi connectivity index (χ3v) is 7.97. The van der Waals surface area contributed by atoms with Crippen LogP contribution in [0.15, 0.2) is 109 Å². The molecular formula is C35H37NO4. The highest BCUT2D eigenvalue weighted by Crippen LogP contribution is 2.33. The molecule has 0 unspecified atom stereocenters. The molecule has 5 nitrogen and oxygen atoms in total. The predicted octanol–water partition coefficient (Wildman–Crippen LogP) is 6.74. The molecule has 3 N–H and O–H groups in total.